The minimum atomic E-state index is -0.264. The average molecular weight is 263 g/mol. The fraction of sp³-hybridized carbons (Fsp3) is 0.154. The third-order valence-corrected chi connectivity index (χ3v) is 2.58. The van der Waals surface area contributed by atoms with E-state index in [1.165, 1.54) is 6.20 Å². The Bertz CT molecular complexity index is 555. The second-order valence-corrected chi connectivity index (χ2v) is 3.91. The first-order valence-electron chi connectivity index (χ1n) is 5.48. The van der Waals surface area contributed by atoms with Crippen molar-refractivity contribution in [2.75, 3.05) is 0 Å². The van der Waals surface area contributed by atoms with E-state index in [1.54, 1.807) is 37.4 Å². The van der Waals surface area contributed by atoms with Crippen LogP contribution < -0.4 is 4.74 Å². The summed E-state index contributed by atoms with van der Waals surface area (Å²) < 4.78 is 5.08. The maximum Gasteiger partial charge on any atom is 0.310 e. The van der Waals surface area contributed by atoms with E-state index in [9.17, 15) is 4.79 Å². The molecule has 2 aromatic rings. The summed E-state index contributed by atoms with van der Waals surface area (Å²) in [5.41, 5.74) is 1.43. The molecule has 1 aromatic heterocycles. The van der Waals surface area contributed by atoms with Crippen molar-refractivity contribution in [2.45, 2.75) is 13.3 Å². The Morgan fingerprint density at radius 1 is 1.22 bits per heavy atom. The number of carbonyl (C=O) groups is 1. The lowest BCUT2D eigenvalue weighted by atomic mass is 10.1. The van der Waals surface area contributed by atoms with Crippen molar-refractivity contribution in [3.8, 4) is 17.0 Å². The minimum Gasteiger partial charge on any atom is -0.427 e. The highest BCUT2D eigenvalue weighted by Gasteiger charge is 2.06. The SMILES string of the molecule is CCC(=O)Oc1ccc(-c2nccnc2Cl)cc1. The number of esters is 1. The van der Waals surface area contributed by atoms with Crippen LogP contribution >= 0.6 is 11.6 Å². The van der Waals surface area contributed by atoms with Crippen LogP contribution in [0.2, 0.25) is 5.15 Å². The summed E-state index contributed by atoms with van der Waals surface area (Å²) in [7, 11) is 0. The van der Waals surface area contributed by atoms with Crippen molar-refractivity contribution in [2.24, 2.45) is 0 Å². The van der Waals surface area contributed by atoms with E-state index in [-0.39, 0.29) is 5.97 Å². The highest BCUT2D eigenvalue weighted by Crippen LogP contribution is 2.25. The molecule has 0 fully saturated rings. The first kappa shape index (κ1) is 12.5. The predicted molar refractivity (Wildman–Crippen MR) is 68.4 cm³/mol. The van der Waals surface area contributed by atoms with Gasteiger partial charge in [0.15, 0.2) is 5.15 Å². The molecule has 2 rings (SSSR count). The Hall–Kier alpha value is -1.94. The number of nitrogens with zero attached hydrogens (tertiary/aromatic N) is 2. The number of hydrogen-bond acceptors (Lipinski definition) is 4. The van der Waals surface area contributed by atoms with Gasteiger partial charge in [0.1, 0.15) is 11.4 Å². The molecule has 0 radical (unpaired) electrons. The number of benzene rings is 1. The van der Waals surface area contributed by atoms with Crippen LogP contribution in [-0.2, 0) is 4.79 Å². The Morgan fingerprint density at radius 2 is 1.89 bits per heavy atom. The monoisotopic (exact) mass is 262 g/mol. The van der Waals surface area contributed by atoms with E-state index in [0.29, 0.717) is 23.0 Å². The average Bonchev–Trinajstić information content (AvgIpc) is 2.40. The van der Waals surface area contributed by atoms with Gasteiger partial charge in [-0.15, -0.1) is 0 Å². The maximum atomic E-state index is 11.1. The number of hydrogen-bond donors (Lipinski definition) is 0. The molecular formula is C13H11ClN2O2. The van der Waals surface area contributed by atoms with E-state index >= 15 is 0 Å². The highest BCUT2D eigenvalue weighted by atomic mass is 35.5. The van der Waals surface area contributed by atoms with Gasteiger partial charge in [-0.05, 0) is 24.3 Å². The topological polar surface area (TPSA) is 52.1 Å². The molecule has 4 nitrogen and oxygen atoms in total. The third-order valence-electron chi connectivity index (χ3n) is 2.30. The first-order chi connectivity index (χ1) is 8.70. The molecule has 0 amide bonds. The summed E-state index contributed by atoms with van der Waals surface area (Å²) in [6, 6.07) is 6.98. The summed E-state index contributed by atoms with van der Waals surface area (Å²) in [5.74, 6) is 0.242. The summed E-state index contributed by atoms with van der Waals surface area (Å²) in [6.45, 7) is 1.75. The summed E-state index contributed by atoms with van der Waals surface area (Å²) in [6.07, 6.45) is 3.45. The van der Waals surface area contributed by atoms with Gasteiger partial charge in [-0.25, -0.2) is 4.98 Å². The summed E-state index contributed by atoms with van der Waals surface area (Å²) in [5, 5.41) is 0.343. The van der Waals surface area contributed by atoms with E-state index in [2.05, 4.69) is 9.97 Å². The van der Waals surface area contributed by atoms with Crippen molar-refractivity contribution < 1.29 is 9.53 Å². The largest absolute Gasteiger partial charge is 0.427 e. The zero-order valence-electron chi connectivity index (χ0n) is 9.76. The molecule has 1 heterocycles. The Morgan fingerprint density at radius 3 is 2.50 bits per heavy atom. The lowest BCUT2D eigenvalue weighted by Gasteiger charge is -2.05. The van der Waals surface area contributed by atoms with Gasteiger partial charge in [0.25, 0.3) is 0 Å². The predicted octanol–water partition coefficient (Wildman–Crippen LogP) is 3.11. The van der Waals surface area contributed by atoms with Crippen LogP contribution in [0.3, 0.4) is 0 Å². The maximum absolute atomic E-state index is 11.1. The van der Waals surface area contributed by atoms with Gasteiger partial charge in [0, 0.05) is 24.4 Å². The number of halogens is 1. The van der Waals surface area contributed by atoms with Crippen LogP contribution in [-0.4, -0.2) is 15.9 Å². The second-order valence-electron chi connectivity index (χ2n) is 3.55. The molecule has 0 saturated carbocycles. The zero-order valence-corrected chi connectivity index (χ0v) is 10.5. The molecule has 0 unspecified atom stereocenters. The third kappa shape index (κ3) is 2.84. The molecule has 0 saturated heterocycles. The van der Waals surface area contributed by atoms with Crippen LogP contribution in [0.4, 0.5) is 0 Å². The standard InChI is InChI=1S/C13H11ClN2O2/c1-2-11(17)18-10-5-3-9(4-6-10)12-13(14)16-8-7-15-12/h3-8H,2H2,1H3. The van der Waals surface area contributed by atoms with Gasteiger partial charge < -0.3 is 4.74 Å². The van der Waals surface area contributed by atoms with Gasteiger partial charge in [0.2, 0.25) is 0 Å². The molecule has 92 valence electrons. The lowest BCUT2D eigenvalue weighted by Crippen LogP contribution is -2.05. The van der Waals surface area contributed by atoms with Gasteiger partial charge in [-0.2, -0.15) is 0 Å². The number of rotatable bonds is 3. The molecule has 0 aliphatic carbocycles. The van der Waals surface area contributed by atoms with Gasteiger partial charge in [0.05, 0.1) is 0 Å². The van der Waals surface area contributed by atoms with E-state index in [1.807, 2.05) is 0 Å². The fourth-order valence-corrected chi connectivity index (χ4v) is 1.61. The molecule has 0 bridgehead atoms. The van der Waals surface area contributed by atoms with Crippen LogP contribution in [0.25, 0.3) is 11.3 Å². The Labute approximate surface area is 110 Å². The van der Waals surface area contributed by atoms with Crippen LogP contribution in [0.5, 0.6) is 5.75 Å². The van der Waals surface area contributed by atoms with Crippen molar-refractivity contribution >= 4 is 17.6 Å². The summed E-state index contributed by atoms with van der Waals surface area (Å²) in [4.78, 5) is 19.2. The fourth-order valence-electron chi connectivity index (χ4n) is 1.40. The quantitative estimate of drug-likeness (QED) is 0.630. The molecule has 1 aromatic carbocycles. The Kier molecular flexibility index (Phi) is 3.89. The molecule has 0 spiro atoms. The molecule has 0 N–H and O–H groups in total. The van der Waals surface area contributed by atoms with Gasteiger partial charge >= 0.3 is 5.97 Å². The molecule has 0 atom stereocenters. The normalized spacial score (nSPS) is 10.1. The number of carbonyl (C=O) groups excluding carboxylic acids is 1. The minimum absolute atomic E-state index is 0.264. The number of aromatic nitrogens is 2. The molecule has 0 aliphatic heterocycles. The van der Waals surface area contributed by atoms with E-state index in [0.717, 1.165) is 5.56 Å². The summed E-state index contributed by atoms with van der Waals surface area (Å²) >= 11 is 5.95. The van der Waals surface area contributed by atoms with Crippen molar-refractivity contribution in [3.05, 3.63) is 41.8 Å². The molecule has 0 aliphatic rings. The number of ether oxygens (including phenoxy) is 1. The van der Waals surface area contributed by atoms with Gasteiger partial charge in [-0.3, -0.25) is 9.78 Å². The van der Waals surface area contributed by atoms with Crippen LogP contribution in [0.15, 0.2) is 36.7 Å². The van der Waals surface area contributed by atoms with Crippen LogP contribution in [0, 0.1) is 0 Å². The van der Waals surface area contributed by atoms with E-state index in [4.69, 9.17) is 16.3 Å². The van der Waals surface area contributed by atoms with Gasteiger partial charge in [-0.1, -0.05) is 18.5 Å². The van der Waals surface area contributed by atoms with Crippen molar-refractivity contribution in [1.82, 2.24) is 9.97 Å². The molecule has 18 heavy (non-hydrogen) atoms. The molecule has 5 heteroatoms. The zero-order chi connectivity index (χ0) is 13.0. The molecular weight excluding hydrogens is 252 g/mol. The Balaban J connectivity index is 2.23. The van der Waals surface area contributed by atoms with Crippen molar-refractivity contribution in [1.29, 1.82) is 0 Å². The second kappa shape index (κ2) is 5.60. The van der Waals surface area contributed by atoms with Crippen LogP contribution in [0.1, 0.15) is 13.3 Å². The van der Waals surface area contributed by atoms with Crippen molar-refractivity contribution in [3.63, 3.8) is 0 Å². The smallest absolute Gasteiger partial charge is 0.310 e. The lowest BCUT2D eigenvalue weighted by molar-refractivity contribution is -0.134. The van der Waals surface area contributed by atoms with E-state index < -0.39 is 0 Å². The highest BCUT2D eigenvalue weighted by molar-refractivity contribution is 6.31. The first-order valence-corrected chi connectivity index (χ1v) is 5.86.